The number of nitriles is 1. The van der Waals surface area contributed by atoms with Gasteiger partial charge in [0, 0.05) is 29.9 Å². The average molecular weight is 544 g/mol. The van der Waals surface area contributed by atoms with Crippen LogP contribution in [-0.2, 0) is 16.1 Å². The lowest BCUT2D eigenvalue weighted by Gasteiger charge is -2.27. The lowest BCUT2D eigenvalue weighted by Crippen LogP contribution is -2.32. The maximum absolute atomic E-state index is 13.3. The van der Waals surface area contributed by atoms with Crippen molar-refractivity contribution in [2.24, 2.45) is 0 Å². The molecule has 3 aromatic rings. The number of rotatable bonds is 8. The molecule has 1 fully saturated rings. The van der Waals surface area contributed by atoms with E-state index in [1.807, 2.05) is 44.2 Å². The number of methoxy groups -OCH3 is 1. The Balaban J connectivity index is 1.55. The number of ether oxygens (including phenoxy) is 2. The van der Waals surface area contributed by atoms with Crippen LogP contribution in [0.2, 0.25) is 0 Å². The monoisotopic (exact) mass is 543 g/mol. The van der Waals surface area contributed by atoms with Crippen molar-refractivity contribution < 1.29 is 14.3 Å². The predicted molar refractivity (Wildman–Crippen MR) is 154 cm³/mol. The molecule has 39 heavy (non-hydrogen) atoms. The molecule has 0 N–H and O–H groups in total. The molecular weight excluding hydrogens is 510 g/mol. The molecule has 2 unspecified atom stereocenters. The molecule has 2 aromatic carbocycles. The van der Waals surface area contributed by atoms with Crippen LogP contribution in [0.4, 0.5) is 11.4 Å². The Kier molecular flexibility index (Phi) is 7.89. The molecule has 2 atom stereocenters. The Morgan fingerprint density at radius 3 is 2.67 bits per heavy atom. The first-order valence-electron chi connectivity index (χ1n) is 13.6. The number of unbranched alkanes of at least 4 members (excludes halogenated alkanes) is 1. The summed E-state index contributed by atoms with van der Waals surface area (Å²) >= 11 is 1.17. The van der Waals surface area contributed by atoms with Crippen LogP contribution in [0.15, 0.2) is 47.3 Å². The standard InChI is InChI=1S/C31H33N3O4S/c1-4-6-16-38-31(36)25(19-32)30-33(5-2)29(35)28(39-30)18-20-10-15-27-24(17-20)23-8-7-9-26(23)34(27)21-11-13-22(37-3)14-12-21/h10-15,17-18,23,26H,4-9,16H2,1-3H3/b28-18-,30-25+. The molecule has 0 bridgehead atoms. The second kappa shape index (κ2) is 11.5. The molecule has 0 spiro atoms. The number of anilines is 2. The molecular formula is C31H33N3O4S. The Labute approximate surface area is 232 Å². The number of fused-ring (bicyclic) bond motifs is 3. The van der Waals surface area contributed by atoms with Gasteiger partial charge in [0.15, 0.2) is 5.57 Å². The Morgan fingerprint density at radius 2 is 1.97 bits per heavy atom. The minimum atomic E-state index is -0.677. The number of nitrogens with zero attached hydrogens (tertiary/aromatic N) is 3. The zero-order valence-corrected chi connectivity index (χ0v) is 23.4. The lowest BCUT2D eigenvalue weighted by atomic mass is 9.96. The number of thiazole rings is 1. The summed E-state index contributed by atoms with van der Waals surface area (Å²) in [6.07, 6.45) is 6.95. The minimum Gasteiger partial charge on any atom is -0.497 e. The van der Waals surface area contributed by atoms with E-state index in [1.165, 1.54) is 33.6 Å². The number of esters is 1. The summed E-state index contributed by atoms with van der Waals surface area (Å²) in [5.41, 5.74) is 4.28. The maximum Gasteiger partial charge on any atom is 0.351 e. The van der Waals surface area contributed by atoms with Crippen molar-refractivity contribution in [1.29, 1.82) is 5.26 Å². The van der Waals surface area contributed by atoms with Gasteiger partial charge in [0.05, 0.1) is 18.2 Å². The van der Waals surface area contributed by atoms with Crippen molar-refractivity contribution in [1.82, 2.24) is 4.57 Å². The largest absolute Gasteiger partial charge is 0.497 e. The molecule has 0 saturated heterocycles. The van der Waals surface area contributed by atoms with E-state index in [0.29, 0.717) is 27.7 Å². The maximum atomic E-state index is 13.3. The molecule has 0 amide bonds. The highest BCUT2D eigenvalue weighted by Crippen LogP contribution is 2.52. The third-order valence-corrected chi connectivity index (χ3v) is 8.79. The first-order valence-corrected chi connectivity index (χ1v) is 14.4. The van der Waals surface area contributed by atoms with E-state index in [1.54, 1.807) is 7.11 Å². The van der Waals surface area contributed by atoms with E-state index in [4.69, 9.17) is 9.47 Å². The van der Waals surface area contributed by atoms with Crippen molar-refractivity contribution in [3.8, 4) is 11.8 Å². The highest BCUT2D eigenvalue weighted by atomic mass is 32.1. The molecule has 1 saturated carbocycles. The van der Waals surface area contributed by atoms with Gasteiger partial charge in [-0.2, -0.15) is 5.26 Å². The fraction of sp³-hybridized carbons (Fsp3) is 0.387. The van der Waals surface area contributed by atoms with E-state index in [-0.39, 0.29) is 17.7 Å². The van der Waals surface area contributed by atoms with Gasteiger partial charge < -0.3 is 14.4 Å². The fourth-order valence-electron chi connectivity index (χ4n) is 5.75. The highest BCUT2D eigenvalue weighted by Gasteiger charge is 2.42. The van der Waals surface area contributed by atoms with Gasteiger partial charge >= 0.3 is 5.97 Å². The van der Waals surface area contributed by atoms with E-state index in [2.05, 4.69) is 29.2 Å². The number of hydrogen-bond donors (Lipinski definition) is 0. The van der Waals surface area contributed by atoms with Crippen molar-refractivity contribution in [2.75, 3.05) is 18.6 Å². The first kappa shape index (κ1) is 26.8. The summed E-state index contributed by atoms with van der Waals surface area (Å²) in [5, 5.41) is 9.74. The summed E-state index contributed by atoms with van der Waals surface area (Å²) in [6, 6.07) is 17.0. The average Bonchev–Trinajstić information content (AvgIpc) is 3.63. The number of carbonyl (C=O) groups is 1. The molecule has 1 aromatic heterocycles. The van der Waals surface area contributed by atoms with Gasteiger partial charge in [-0.3, -0.25) is 9.36 Å². The molecule has 0 radical (unpaired) electrons. The highest BCUT2D eigenvalue weighted by molar-refractivity contribution is 7.07. The van der Waals surface area contributed by atoms with Crippen LogP contribution in [0, 0.1) is 11.3 Å². The second-order valence-electron chi connectivity index (χ2n) is 9.93. The van der Waals surface area contributed by atoms with E-state index < -0.39 is 5.97 Å². The summed E-state index contributed by atoms with van der Waals surface area (Å²) in [5.74, 6) is 0.604. The minimum absolute atomic E-state index is 0.118. The van der Waals surface area contributed by atoms with Gasteiger partial charge in [-0.15, -0.1) is 11.3 Å². The smallest absolute Gasteiger partial charge is 0.351 e. The van der Waals surface area contributed by atoms with Crippen LogP contribution < -0.4 is 24.4 Å². The molecule has 202 valence electrons. The second-order valence-corrected chi connectivity index (χ2v) is 11.0. The SMILES string of the molecule is CCCCOC(=O)/C(C#N)=c1/s/c(=C\c2ccc3c(c2)C2CCCC2N3c2ccc(OC)cc2)c(=O)n1CC. The van der Waals surface area contributed by atoms with Gasteiger partial charge in [-0.25, -0.2) is 4.79 Å². The first-order chi connectivity index (χ1) is 19.0. The lowest BCUT2D eigenvalue weighted by molar-refractivity contribution is -0.136. The van der Waals surface area contributed by atoms with Crippen LogP contribution >= 0.6 is 11.3 Å². The third kappa shape index (κ3) is 4.99. The molecule has 1 aliphatic heterocycles. The van der Waals surface area contributed by atoms with Crippen molar-refractivity contribution in [3.63, 3.8) is 0 Å². The molecule has 2 aliphatic rings. The Hall–Kier alpha value is -3.83. The van der Waals surface area contributed by atoms with Crippen molar-refractivity contribution >= 4 is 40.3 Å². The van der Waals surface area contributed by atoms with E-state index >= 15 is 0 Å². The number of carbonyl (C=O) groups excluding carboxylic acids is 1. The van der Waals surface area contributed by atoms with Gasteiger partial charge in [-0.1, -0.05) is 25.8 Å². The summed E-state index contributed by atoms with van der Waals surface area (Å²) in [6.45, 7) is 4.45. The quantitative estimate of drug-likeness (QED) is 0.306. The van der Waals surface area contributed by atoms with Crippen LogP contribution in [0.3, 0.4) is 0 Å². The van der Waals surface area contributed by atoms with Gasteiger partial charge in [0.2, 0.25) is 0 Å². The van der Waals surface area contributed by atoms with Crippen LogP contribution in [0.25, 0.3) is 11.6 Å². The zero-order chi connectivity index (χ0) is 27.5. The van der Waals surface area contributed by atoms with Crippen molar-refractivity contribution in [3.05, 3.63) is 73.1 Å². The third-order valence-electron chi connectivity index (χ3n) is 7.65. The molecule has 1 aliphatic carbocycles. The summed E-state index contributed by atoms with van der Waals surface area (Å²) in [7, 11) is 1.68. The van der Waals surface area contributed by atoms with Crippen LogP contribution in [0.5, 0.6) is 5.75 Å². The van der Waals surface area contributed by atoms with Gasteiger partial charge in [-0.05, 0) is 79.8 Å². The summed E-state index contributed by atoms with van der Waals surface area (Å²) < 4.78 is 13.0. The molecule has 7 nitrogen and oxygen atoms in total. The van der Waals surface area contributed by atoms with Crippen LogP contribution in [0.1, 0.15) is 63.0 Å². The zero-order valence-electron chi connectivity index (χ0n) is 22.6. The number of benzene rings is 2. The van der Waals surface area contributed by atoms with E-state index in [9.17, 15) is 14.9 Å². The Morgan fingerprint density at radius 1 is 1.18 bits per heavy atom. The fourth-order valence-corrected chi connectivity index (χ4v) is 6.90. The van der Waals surface area contributed by atoms with E-state index in [0.717, 1.165) is 42.7 Å². The topological polar surface area (TPSA) is 84.6 Å². The predicted octanol–water partition coefficient (Wildman–Crippen LogP) is 4.57. The van der Waals surface area contributed by atoms with Crippen LogP contribution in [-0.4, -0.2) is 30.3 Å². The van der Waals surface area contributed by atoms with Gasteiger partial charge in [0.1, 0.15) is 16.5 Å². The Bertz CT molecular complexity index is 1600. The molecule has 8 heteroatoms. The van der Waals surface area contributed by atoms with Crippen molar-refractivity contribution in [2.45, 2.75) is 64.5 Å². The normalized spacial score (nSPS) is 18.9. The summed E-state index contributed by atoms with van der Waals surface area (Å²) in [4.78, 5) is 28.3. The molecule has 5 rings (SSSR count). The number of hydrogen-bond acceptors (Lipinski definition) is 7. The molecule has 2 heterocycles. The number of aromatic nitrogens is 1. The van der Waals surface area contributed by atoms with Gasteiger partial charge in [0.25, 0.3) is 5.56 Å².